The number of aliphatic imine (C=N–C) groups is 1. The maximum Gasteiger partial charge on any atom is 0.255 e. The van der Waals surface area contributed by atoms with Gasteiger partial charge in [0.2, 0.25) is 5.91 Å². The third-order valence-electron chi connectivity index (χ3n) is 5.56. The summed E-state index contributed by atoms with van der Waals surface area (Å²) < 4.78 is 0. The van der Waals surface area contributed by atoms with Crippen molar-refractivity contribution < 1.29 is 19.2 Å². The number of amides is 2. The van der Waals surface area contributed by atoms with Crippen LogP contribution >= 0.6 is 11.3 Å². The largest absolute Gasteiger partial charge is 0.357 e. The zero-order chi connectivity index (χ0) is 23.8. The van der Waals surface area contributed by atoms with Crippen LogP contribution in [-0.4, -0.2) is 55.6 Å². The summed E-state index contributed by atoms with van der Waals surface area (Å²) in [7, 11) is 2.98. The van der Waals surface area contributed by atoms with Gasteiger partial charge in [-0.2, -0.15) is 0 Å². The summed E-state index contributed by atoms with van der Waals surface area (Å²) in [6, 6.07) is 6.31. The molecule has 2 aromatic rings. The van der Waals surface area contributed by atoms with Crippen molar-refractivity contribution in [2.75, 3.05) is 14.1 Å². The van der Waals surface area contributed by atoms with Crippen molar-refractivity contribution in [1.29, 1.82) is 0 Å². The maximum atomic E-state index is 13.2. The van der Waals surface area contributed by atoms with Crippen molar-refractivity contribution in [3.8, 4) is 0 Å². The van der Waals surface area contributed by atoms with Gasteiger partial charge in [0.1, 0.15) is 12.3 Å². The van der Waals surface area contributed by atoms with Crippen molar-refractivity contribution in [3.05, 3.63) is 62.3 Å². The number of aldehydes is 2. The van der Waals surface area contributed by atoms with Gasteiger partial charge in [-0.3, -0.25) is 19.4 Å². The number of hydrogen-bond acceptors (Lipinski definition) is 6. The van der Waals surface area contributed by atoms with E-state index in [0.717, 1.165) is 23.3 Å². The van der Waals surface area contributed by atoms with Crippen molar-refractivity contribution in [3.63, 3.8) is 0 Å². The van der Waals surface area contributed by atoms with Crippen LogP contribution in [0.1, 0.15) is 60.9 Å². The lowest BCUT2D eigenvalue weighted by Crippen LogP contribution is -2.47. The number of carbonyl (C=O) groups excluding carboxylic acids is 4. The monoisotopic (exact) mass is 465 g/mol. The first kappa shape index (κ1) is 24.3. The predicted octanol–water partition coefficient (Wildman–Crippen LogP) is 3.30. The highest BCUT2D eigenvalue weighted by molar-refractivity contribution is 7.14. The Morgan fingerprint density at radius 1 is 1.27 bits per heavy atom. The van der Waals surface area contributed by atoms with Gasteiger partial charge in [0.05, 0.1) is 12.1 Å². The quantitative estimate of drug-likeness (QED) is 0.430. The van der Waals surface area contributed by atoms with E-state index < -0.39 is 11.9 Å². The van der Waals surface area contributed by atoms with E-state index in [2.05, 4.69) is 28.5 Å². The van der Waals surface area contributed by atoms with Crippen LogP contribution in [0.2, 0.25) is 0 Å². The van der Waals surface area contributed by atoms with Crippen LogP contribution in [0.3, 0.4) is 0 Å². The van der Waals surface area contributed by atoms with Crippen molar-refractivity contribution in [2.24, 2.45) is 4.99 Å². The molecule has 7 nitrogen and oxygen atoms in total. The number of nitrogens with one attached hydrogen (secondary N) is 1. The minimum absolute atomic E-state index is 0.146. The third-order valence-corrected chi connectivity index (χ3v) is 6.70. The molecule has 1 N–H and O–H groups in total. The Morgan fingerprint density at radius 2 is 2.09 bits per heavy atom. The van der Waals surface area contributed by atoms with E-state index in [1.54, 1.807) is 29.5 Å². The second-order valence-electron chi connectivity index (χ2n) is 7.77. The van der Waals surface area contributed by atoms with Crippen LogP contribution < -0.4 is 5.32 Å². The Bertz CT molecular complexity index is 1100. The minimum atomic E-state index is -0.812. The lowest BCUT2D eigenvalue weighted by Gasteiger charge is -2.27. The topological polar surface area (TPSA) is 95.9 Å². The van der Waals surface area contributed by atoms with E-state index in [1.165, 1.54) is 29.4 Å². The third kappa shape index (κ3) is 5.90. The number of hydrogen-bond donors (Lipinski definition) is 1. The van der Waals surface area contributed by atoms with Crippen LogP contribution in [-0.2, 0) is 22.6 Å². The zero-order valence-corrected chi connectivity index (χ0v) is 19.6. The highest BCUT2D eigenvalue weighted by Crippen LogP contribution is 2.27. The molecule has 0 bridgehead atoms. The van der Waals surface area contributed by atoms with Gasteiger partial charge in [-0.1, -0.05) is 24.3 Å². The number of thiophene rings is 1. The molecule has 1 atom stereocenters. The molecule has 0 spiro atoms. The smallest absolute Gasteiger partial charge is 0.255 e. The fourth-order valence-corrected chi connectivity index (χ4v) is 4.81. The molecule has 1 heterocycles. The maximum absolute atomic E-state index is 13.2. The Morgan fingerprint density at radius 3 is 2.79 bits per heavy atom. The van der Waals surface area contributed by atoms with E-state index in [4.69, 9.17) is 0 Å². The van der Waals surface area contributed by atoms with Gasteiger partial charge < -0.3 is 15.0 Å². The van der Waals surface area contributed by atoms with E-state index in [9.17, 15) is 19.2 Å². The molecule has 2 amide bonds. The van der Waals surface area contributed by atoms with Crippen LogP contribution in [0.5, 0.6) is 0 Å². The number of fused-ring (bicyclic) bond motifs is 1. The van der Waals surface area contributed by atoms with Crippen molar-refractivity contribution in [2.45, 2.75) is 38.3 Å². The number of aryl methyl sites for hydroxylation is 1. The molecular weight excluding hydrogens is 438 g/mol. The van der Waals surface area contributed by atoms with Gasteiger partial charge in [0.25, 0.3) is 5.91 Å². The van der Waals surface area contributed by atoms with Crippen LogP contribution in [0, 0.1) is 0 Å². The highest BCUT2D eigenvalue weighted by Gasteiger charge is 2.27. The standard InChI is InChI=1S/C25H27N3O4S/c1-26-24(31)22(7-5-11-29)28(2)25(32)21-12-17(9-10-19(21)16-30)14-27-15-20-13-18-6-3-4-8-23(18)33-20/h3,6,9-13,15-16,22H,4-5,7-8,14H2,1-2H3,(H,26,31)/b27-15+. The van der Waals surface area contributed by atoms with E-state index in [-0.39, 0.29) is 29.9 Å². The molecule has 0 saturated heterocycles. The molecule has 1 aromatic carbocycles. The van der Waals surface area contributed by atoms with Gasteiger partial charge in [0, 0.05) is 42.0 Å². The average Bonchev–Trinajstić information content (AvgIpc) is 3.26. The zero-order valence-electron chi connectivity index (χ0n) is 18.7. The first-order valence-electron chi connectivity index (χ1n) is 10.8. The average molecular weight is 466 g/mol. The highest BCUT2D eigenvalue weighted by atomic mass is 32.1. The van der Waals surface area contributed by atoms with E-state index >= 15 is 0 Å². The summed E-state index contributed by atoms with van der Waals surface area (Å²) in [6.45, 7) is 0.353. The molecule has 172 valence electrons. The molecule has 33 heavy (non-hydrogen) atoms. The first-order valence-corrected chi connectivity index (χ1v) is 11.6. The SMILES string of the molecule is CNC(=O)C(CCC=O)N(C)C(=O)c1cc(C/N=C/c2cc3c(s2)CCC=C3)ccc1C=O. The number of carbonyl (C=O) groups is 4. The number of rotatable bonds is 10. The number of nitrogens with zero attached hydrogens (tertiary/aromatic N) is 2. The summed E-state index contributed by atoms with van der Waals surface area (Å²) in [5.41, 5.74) is 2.47. The van der Waals surface area contributed by atoms with Gasteiger partial charge in [-0.05, 0) is 42.5 Å². The Hall–Kier alpha value is -3.39. The van der Waals surface area contributed by atoms with Gasteiger partial charge in [-0.25, -0.2) is 0 Å². The lowest BCUT2D eigenvalue weighted by molar-refractivity contribution is -0.125. The molecule has 8 heteroatoms. The fourth-order valence-electron chi connectivity index (χ4n) is 3.74. The van der Waals surface area contributed by atoms with Crippen LogP contribution in [0.25, 0.3) is 6.08 Å². The fraction of sp³-hybridized carbons (Fsp3) is 0.320. The predicted molar refractivity (Wildman–Crippen MR) is 130 cm³/mol. The lowest BCUT2D eigenvalue weighted by atomic mass is 10.0. The summed E-state index contributed by atoms with van der Waals surface area (Å²) in [5.74, 6) is -0.824. The number of allylic oxidation sites excluding steroid dienone is 1. The normalized spacial score (nSPS) is 13.4. The summed E-state index contributed by atoms with van der Waals surface area (Å²) in [4.78, 5) is 56.0. The summed E-state index contributed by atoms with van der Waals surface area (Å²) >= 11 is 1.73. The van der Waals surface area contributed by atoms with Gasteiger partial charge >= 0.3 is 0 Å². The molecule has 1 unspecified atom stereocenters. The molecule has 0 radical (unpaired) electrons. The molecule has 0 saturated carbocycles. The van der Waals surface area contributed by atoms with E-state index in [1.807, 2.05) is 6.21 Å². The second kappa shape index (κ2) is 11.5. The first-order chi connectivity index (χ1) is 16.0. The molecule has 0 aliphatic heterocycles. The Balaban J connectivity index is 1.77. The number of benzene rings is 1. The molecule has 1 aromatic heterocycles. The van der Waals surface area contributed by atoms with Gasteiger partial charge in [0.15, 0.2) is 6.29 Å². The molecular formula is C25H27N3O4S. The Labute approximate surface area is 197 Å². The summed E-state index contributed by atoms with van der Waals surface area (Å²) in [5, 5.41) is 2.52. The van der Waals surface area contributed by atoms with Crippen LogP contribution in [0.15, 0.2) is 35.3 Å². The van der Waals surface area contributed by atoms with Gasteiger partial charge in [-0.15, -0.1) is 11.3 Å². The molecule has 0 fully saturated rings. The number of likely N-dealkylation sites (N-methyl/N-ethyl adjacent to an activating group) is 2. The van der Waals surface area contributed by atoms with Crippen LogP contribution in [0.4, 0.5) is 0 Å². The van der Waals surface area contributed by atoms with Crippen molar-refractivity contribution >= 4 is 48.0 Å². The summed E-state index contributed by atoms with van der Waals surface area (Å²) in [6.07, 6.45) is 9.95. The Kier molecular flexibility index (Phi) is 8.43. The van der Waals surface area contributed by atoms with Crippen molar-refractivity contribution in [1.82, 2.24) is 10.2 Å². The van der Waals surface area contributed by atoms with E-state index in [0.29, 0.717) is 19.1 Å². The second-order valence-corrected chi connectivity index (χ2v) is 8.94. The molecule has 3 rings (SSSR count). The minimum Gasteiger partial charge on any atom is -0.357 e. The molecule has 1 aliphatic carbocycles. The molecule has 1 aliphatic rings.